The number of carboxylic acids is 1. The van der Waals surface area contributed by atoms with E-state index >= 15 is 0 Å². The van der Waals surface area contributed by atoms with Crippen LogP contribution < -0.4 is 5.32 Å². The maximum Gasteiger partial charge on any atom is 0.322 e. The molecule has 0 saturated carbocycles. The number of benzene rings is 1. The number of halogens is 2. The number of likely N-dealkylation sites (tertiary alicyclic amines) is 1. The highest BCUT2D eigenvalue weighted by molar-refractivity contribution is 5.90. The van der Waals surface area contributed by atoms with E-state index in [0.29, 0.717) is 19.4 Å². The van der Waals surface area contributed by atoms with Crippen LogP contribution in [-0.4, -0.2) is 34.6 Å². The van der Waals surface area contributed by atoms with Crippen molar-refractivity contribution in [2.75, 3.05) is 11.9 Å². The van der Waals surface area contributed by atoms with Gasteiger partial charge >= 0.3 is 12.0 Å². The third-order valence-electron chi connectivity index (χ3n) is 3.24. The molecule has 0 bridgehead atoms. The summed E-state index contributed by atoms with van der Waals surface area (Å²) in [5.74, 6) is -2.74. The van der Waals surface area contributed by atoms with Crippen LogP contribution in [0, 0.1) is 11.6 Å². The second-order valence-corrected chi connectivity index (χ2v) is 4.61. The molecular weight excluding hydrogens is 270 g/mol. The van der Waals surface area contributed by atoms with Crippen molar-refractivity contribution in [3.05, 3.63) is 29.8 Å². The van der Waals surface area contributed by atoms with E-state index in [-0.39, 0.29) is 6.42 Å². The lowest BCUT2D eigenvalue weighted by Gasteiger charge is -2.24. The van der Waals surface area contributed by atoms with E-state index in [1.165, 1.54) is 11.0 Å². The molecule has 1 unspecified atom stereocenters. The van der Waals surface area contributed by atoms with Crippen molar-refractivity contribution in [3.63, 3.8) is 0 Å². The number of carbonyl (C=O) groups excluding carboxylic acids is 1. The zero-order valence-electron chi connectivity index (χ0n) is 10.6. The van der Waals surface area contributed by atoms with Gasteiger partial charge in [-0.25, -0.2) is 13.6 Å². The van der Waals surface area contributed by atoms with Crippen molar-refractivity contribution in [2.45, 2.75) is 25.3 Å². The molecule has 0 radical (unpaired) electrons. The summed E-state index contributed by atoms with van der Waals surface area (Å²) >= 11 is 0. The van der Waals surface area contributed by atoms with E-state index in [1.54, 1.807) is 0 Å². The maximum atomic E-state index is 13.4. The van der Waals surface area contributed by atoms with Gasteiger partial charge in [0.15, 0.2) is 0 Å². The Bertz CT molecular complexity index is 516. The first-order valence-corrected chi connectivity index (χ1v) is 6.22. The first-order valence-electron chi connectivity index (χ1n) is 6.22. The van der Waals surface area contributed by atoms with Gasteiger partial charge < -0.3 is 15.3 Å². The summed E-state index contributed by atoms with van der Waals surface area (Å²) < 4.78 is 26.9. The van der Waals surface area contributed by atoms with Crippen molar-refractivity contribution in [2.24, 2.45) is 0 Å². The number of anilines is 1. The van der Waals surface area contributed by atoms with Crippen LogP contribution in [0.3, 0.4) is 0 Å². The van der Waals surface area contributed by atoms with Gasteiger partial charge in [0.05, 0.1) is 6.42 Å². The number of nitrogens with zero attached hydrogens (tertiary/aromatic N) is 1. The minimum atomic E-state index is -1.01. The van der Waals surface area contributed by atoms with Gasteiger partial charge in [0.1, 0.15) is 17.3 Å². The monoisotopic (exact) mass is 284 g/mol. The summed E-state index contributed by atoms with van der Waals surface area (Å²) in [7, 11) is 0. The molecule has 1 atom stereocenters. The molecule has 5 nitrogen and oxygen atoms in total. The fourth-order valence-electron chi connectivity index (χ4n) is 2.31. The zero-order chi connectivity index (χ0) is 14.7. The molecule has 2 N–H and O–H groups in total. The molecule has 108 valence electrons. The van der Waals surface area contributed by atoms with Crippen molar-refractivity contribution in [1.29, 1.82) is 0 Å². The predicted molar refractivity (Wildman–Crippen MR) is 67.4 cm³/mol. The number of aliphatic carboxylic acids is 1. The van der Waals surface area contributed by atoms with Crippen molar-refractivity contribution < 1.29 is 23.5 Å². The summed E-state index contributed by atoms with van der Waals surface area (Å²) in [6.45, 7) is 0.375. The first kappa shape index (κ1) is 14.2. The molecule has 20 heavy (non-hydrogen) atoms. The SMILES string of the molecule is O=C(O)CC1CCCN1C(=O)Nc1c(F)cccc1F. The van der Waals surface area contributed by atoms with Gasteiger partial charge in [-0.2, -0.15) is 0 Å². The lowest BCUT2D eigenvalue weighted by Crippen LogP contribution is -2.40. The van der Waals surface area contributed by atoms with Crippen molar-refractivity contribution >= 4 is 17.7 Å². The molecule has 1 aromatic carbocycles. The third-order valence-corrected chi connectivity index (χ3v) is 3.24. The van der Waals surface area contributed by atoms with Crippen LogP contribution in [0.4, 0.5) is 19.3 Å². The van der Waals surface area contributed by atoms with Gasteiger partial charge in [-0.3, -0.25) is 4.79 Å². The molecular formula is C13H14F2N2O3. The summed E-state index contributed by atoms with van der Waals surface area (Å²) in [6, 6.07) is 2.15. The minimum Gasteiger partial charge on any atom is -0.481 e. The summed E-state index contributed by atoms with van der Waals surface area (Å²) in [5.41, 5.74) is -0.515. The van der Waals surface area contributed by atoms with Gasteiger partial charge in [0.2, 0.25) is 0 Å². The van der Waals surface area contributed by atoms with E-state index in [1.807, 2.05) is 0 Å². The topological polar surface area (TPSA) is 69.6 Å². The van der Waals surface area contributed by atoms with Gasteiger partial charge in [-0.05, 0) is 25.0 Å². The highest BCUT2D eigenvalue weighted by atomic mass is 19.1. The number of amides is 2. The van der Waals surface area contributed by atoms with Crippen molar-refractivity contribution in [3.8, 4) is 0 Å². The van der Waals surface area contributed by atoms with Crippen LogP contribution in [0.2, 0.25) is 0 Å². The van der Waals surface area contributed by atoms with Crippen LogP contribution >= 0.6 is 0 Å². The number of urea groups is 1. The lowest BCUT2D eigenvalue weighted by atomic mass is 10.1. The molecule has 1 aromatic rings. The molecule has 2 rings (SSSR count). The number of carbonyl (C=O) groups is 2. The van der Waals surface area contributed by atoms with E-state index in [4.69, 9.17) is 5.11 Å². The Balaban J connectivity index is 2.09. The average molecular weight is 284 g/mol. The molecule has 7 heteroatoms. The lowest BCUT2D eigenvalue weighted by molar-refractivity contribution is -0.137. The number of hydrogen-bond donors (Lipinski definition) is 2. The number of para-hydroxylation sites is 1. The van der Waals surface area contributed by atoms with Crippen LogP contribution in [0.5, 0.6) is 0 Å². The normalized spacial score (nSPS) is 18.1. The third kappa shape index (κ3) is 3.04. The van der Waals surface area contributed by atoms with Gasteiger partial charge in [0.25, 0.3) is 0 Å². The van der Waals surface area contributed by atoms with Crippen LogP contribution in [-0.2, 0) is 4.79 Å². The first-order chi connectivity index (χ1) is 9.49. The summed E-state index contributed by atoms with van der Waals surface area (Å²) in [5, 5.41) is 10.9. The molecule has 0 spiro atoms. The largest absolute Gasteiger partial charge is 0.481 e. The Morgan fingerprint density at radius 3 is 2.60 bits per heavy atom. The van der Waals surface area contributed by atoms with Gasteiger partial charge in [-0.1, -0.05) is 6.07 Å². The summed E-state index contributed by atoms with van der Waals surface area (Å²) in [6.07, 6.45) is 1.07. The van der Waals surface area contributed by atoms with E-state index < -0.39 is 35.4 Å². The molecule has 1 saturated heterocycles. The Morgan fingerprint density at radius 2 is 2.00 bits per heavy atom. The molecule has 0 aliphatic carbocycles. The molecule has 1 aliphatic rings. The number of nitrogens with one attached hydrogen (secondary N) is 1. The zero-order valence-corrected chi connectivity index (χ0v) is 10.6. The summed E-state index contributed by atoms with van der Waals surface area (Å²) in [4.78, 5) is 24.0. The fraction of sp³-hybridized carbons (Fsp3) is 0.385. The highest BCUT2D eigenvalue weighted by Gasteiger charge is 2.31. The van der Waals surface area contributed by atoms with E-state index in [2.05, 4.69) is 5.32 Å². The molecule has 2 amide bonds. The van der Waals surface area contributed by atoms with E-state index in [9.17, 15) is 18.4 Å². The van der Waals surface area contributed by atoms with Crippen LogP contribution in [0.25, 0.3) is 0 Å². The number of hydrogen-bond acceptors (Lipinski definition) is 2. The quantitative estimate of drug-likeness (QED) is 0.895. The molecule has 0 aromatic heterocycles. The Morgan fingerprint density at radius 1 is 1.35 bits per heavy atom. The van der Waals surface area contributed by atoms with Crippen LogP contribution in [0.15, 0.2) is 18.2 Å². The fourth-order valence-corrected chi connectivity index (χ4v) is 2.31. The Hall–Kier alpha value is -2.18. The molecule has 1 fully saturated rings. The smallest absolute Gasteiger partial charge is 0.322 e. The number of rotatable bonds is 3. The predicted octanol–water partition coefficient (Wildman–Crippen LogP) is 2.44. The van der Waals surface area contributed by atoms with Crippen molar-refractivity contribution in [1.82, 2.24) is 4.90 Å². The maximum absolute atomic E-state index is 13.4. The Labute approximate surface area is 114 Å². The minimum absolute atomic E-state index is 0.173. The average Bonchev–Trinajstić information content (AvgIpc) is 2.81. The van der Waals surface area contributed by atoms with Gasteiger partial charge in [0, 0.05) is 12.6 Å². The Kier molecular flexibility index (Phi) is 4.16. The second kappa shape index (κ2) is 5.85. The highest BCUT2D eigenvalue weighted by Crippen LogP contribution is 2.23. The molecule has 1 aliphatic heterocycles. The second-order valence-electron chi connectivity index (χ2n) is 4.61. The molecule has 1 heterocycles. The standard InChI is InChI=1S/C13H14F2N2O3/c14-9-4-1-5-10(15)12(9)16-13(20)17-6-2-3-8(17)7-11(18)19/h1,4-5,8H,2-3,6-7H2,(H,16,20)(H,18,19). The van der Waals surface area contributed by atoms with Gasteiger partial charge in [-0.15, -0.1) is 0 Å². The number of carboxylic acid groups (broad SMARTS) is 1. The van der Waals surface area contributed by atoms with Crippen LogP contribution in [0.1, 0.15) is 19.3 Å². The van der Waals surface area contributed by atoms with E-state index in [0.717, 1.165) is 12.1 Å².